The van der Waals surface area contributed by atoms with Gasteiger partial charge in [-0.05, 0) is 37.4 Å². The van der Waals surface area contributed by atoms with Gasteiger partial charge in [-0.2, -0.15) is 0 Å². The van der Waals surface area contributed by atoms with Gasteiger partial charge in [0.2, 0.25) is 0 Å². The van der Waals surface area contributed by atoms with Gasteiger partial charge in [0, 0.05) is 19.1 Å². The first-order valence-electron chi connectivity index (χ1n) is 6.53. The second-order valence-electron chi connectivity index (χ2n) is 5.15. The van der Waals surface area contributed by atoms with E-state index in [1.54, 1.807) is 23.1 Å². The maximum absolute atomic E-state index is 13.6. The van der Waals surface area contributed by atoms with E-state index in [9.17, 15) is 9.18 Å². The Labute approximate surface area is 106 Å². The summed E-state index contributed by atoms with van der Waals surface area (Å²) in [5, 5.41) is 3.44. The van der Waals surface area contributed by atoms with Crippen molar-refractivity contribution in [2.45, 2.75) is 18.9 Å². The van der Waals surface area contributed by atoms with Crippen LogP contribution < -0.4 is 5.32 Å². The van der Waals surface area contributed by atoms with Crippen molar-refractivity contribution in [3.05, 3.63) is 35.6 Å². The molecule has 1 aromatic rings. The maximum atomic E-state index is 13.6. The highest BCUT2D eigenvalue weighted by Gasteiger charge is 2.37. The highest BCUT2D eigenvalue weighted by atomic mass is 19.1. The van der Waals surface area contributed by atoms with E-state index in [2.05, 4.69) is 5.32 Å². The lowest BCUT2D eigenvalue weighted by Gasteiger charge is -2.24. The molecule has 18 heavy (non-hydrogen) atoms. The molecule has 2 aliphatic heterocycles. The summed E-state index contributed by atoms with van der Waals surface area (Å²) in [5.74, 6) is -0.0656. The Kier molecular flexibility index (Phi) is 3.04. The minimum Gasteiger partial charge on any atom is -0.337 e. The molecule has 0 unspecified atom stereocenters. The highest BCUT2D eigenvalue weighted by Crippen LogP contribution is 2.26. The molecular formula is C14H17FN2O. The van der Waals surface area contributed by atoms with Gasteiger partial charge in [0.15, 0.2) is 0 Å². The number of rotatable bonds is 1. The fourth-order valence-electron chi connectivity index (χ4n) is 3.02. The Bertz CT molecular complexity index is 449. The minimum absolute atomic E-state index is 0.177. The molecule has 1 N–H and O–H groups in total. The fourth-order valence-corrected chi connectivity index (χ4v) is 3.02. The Morgan fingerprint density at radius 2 is 2.17 bits per heavy atom. The van der Waals surface area contributed by atoms with Gasteiger partial charge in [-0.25, -0.2) is 4.39 Å². The molecule has 3 rings (SSSR count). The standard InChI is InChI=1S/C14H17FN2O/c15-12-6-2-1-5-11(12)14(18)17-8-10-4-3-7-16-13(10)9-17/h1-2,5-6,10,13,16H,3-4,7-9H2/t10-,13+/m0/s1. The van der Waals surface area contributed by atoms with Crippen molar-refractivity contribution in [2.24, 2.45) is 5.92 Å². The third kappa shape index (κ3) is 2.01. The van der Waals surface area contributed by atoms with E-state index in [1.165, 1.54) is 18.9 Å². The van der Waals surface area contributed by atoms with Crippen molar-refractivity contribution in [3.8, 4) is 0 Å². The van der Waals surface area contributed by atoms with E-state index in [4.69, 9.17) is 0 Å². The quantitative estimate of drug-likeness (QED) is 0.819. The number of nitrogens with one attached hydrogen (secondary N) is 1. The number of amides is 1. The normalized spacial score (nSPS) is 27.1. The molecule has 2 aliphatic rings. The predicted molar refractivity (Wildman–Crippen MR) is 66.8 cm³/mol. The van der Waals surface area contributed by atoms with E-state index >= 15 is 0 Å². The number of hydrogen-bond donors (Lipinski definition) is 1. The van der Waals surface area contributed by atoms with Crippen molar-refractivity contribution in [2.75, 3.05) is 19.6 Å². The molecule has 2 heterocycles. The van der Waals surface area contributed by atoms with Gasteiger partial charge in [0.05, 0.1) is 5.56 Å². The highest BCUT2D eigenvalue weighted by molar-refractivity contribution is 5.94. The number of benzene rings is 1. The third-order valence-corrected chi connectivity index (χ3v) is 3.99. The van der Waals surface area contributed by atoms with Crippen LogP contribution in [0.25, 0.3) is 0 Å². The number of nitrogens with zero attached hydrogens (tertiary/aromatic N) is 1. The second kappa shape index (κ2) is 4.69. The number of halogens is 1. The van der Waals surface area contributed by atoms with E-state index < -0.39 is 5.82 Å². The molecule has 0 aliphatic carbocycles. The zero-order valence-electron chi connectivity index (χ0n) is 10.2. The van der Waals surface area contributed by atoms with Crippen LogP contribution in [-0.2, 0) is 0 Å². The lowest BCUT2D eigenvalue weighted by molar-refractivity contribution is 0.0781. The van der Waals surface area contributed by atoms with E-state index in [-0.39, 0.29) is 11.5 Å². The summed E-state index contributed by atoms with van der Waals surface area (Å²) in [6, 6.07) is 6.62. The molecule has 3 nitrogen and oxygen atoms in total. The Morgan fingerprint density at radius 3 is 2.94 bits per heavy atom. The molecule has 1 amide bonds. The molecule has 0 spiro atoms. The number of hydrogen-bond acceptors (Lipinski definition) is 2. The van der Waals surface area contributed by atoms with E-state index in [0.717, 1.165) is 13.1 Å². The van der Waals surface area contributed by atoms with E-state index in [0.29, 0.717) is 18.5 Å². The average Bonchev–Trinajstić information content (AvgIpc) is 2.82. The number of carbonyl (C=O) groups excluding carboxylic acids is 1. The van der Waals surface area contributed by atoms with Crippen molar-refractivity contribution >= 4 is 5.91 Å². The summed E-state index contributed by atoms with van der Waals surface area (Å²) in [6.45, 7) is 2.49. The largest absolute Gasteiger partial charge is 0.337 e. The van der Waals surface area contributed by atoms with Gasteiger partial charge >= 0.3 is 0 Å². The first kappa shape index (κ1) is 11.7. The van der Waals surface area contributed by atoms with Crippen molar-refractivity contribution in [3.63, 3.8) is 0 Å². The zero-order chi connectivity index (χ0) is 12.5. The van der Waals surface area contributed by atoms with Crippen LogP contribution in [0.1, 0.15) is 23.2 Å². The first-order chi connectivity index (χ1) is 8.75. The van der Waals surface area contributed by atoms with Crippen LogP contribution in [-0.4, -0.2) is 36.5 Å². The fraction of sp³-hybridized carbons (Fsp3) is 0.500. The number of piperidine rings is 1. The van der Waals surface area contributed by atoms with Crippen LogP contribution in [0.4, 0.5) is 4.39 Å². The summed E-state index contributed by atoms with van der Waals surface area (Å²) in [4.78, 5) is 14.1. The number of carbonyl (C=O) groups is 1. The van der Waals surface area contributed by atoms with Crippen LogP contribution >= 0.6 is 0 Å². The lowest BCUT2D eigenvalue weighted by Crippen LogP contribution is -2.41. The molecule has 0 bridgehead atoms. The molecule has 2 atom stereocenters. The Hall–Kier alpha value is -1.42. The smallest absolute Gasteiger partial charge is 0.256 e. The number of likely N-dealkylation sites (tertiary alicyclic amines) is 1. The molecule has 0 saturated carbocycles. The summed E-state index contributed by atoms with van der Waals surface area (Å²) >= 11 is 0. The second-order valence-corrected chi connectivity index (χ2v) is 5.15. The molecule has 0 aromatic heterocycles. The van der Waals surface area contributed by atoms with Crippen LogP contribution in [0.2, 0.25) is 0 Å². The molecule has 2 saturated heterocycles. The summed E-state index contributed by atoms with van der Waals surface area (Å²) in [7, 11) is 0. The van der Waals surface area contributed by atoms with Crippen LogP contribution in [0.3, 0.4) is 0 Å². The van der Waals surface area contributed by atoms with Gasteiger partial charge in [0.1, 0.15) is 5.82 Å². The van der Waals surface area contributed by atoms with Gasteiger partial charge < -0.3 is 10.2 Å². The van der Waals surface area contributed by atoms with Crippen molar-refractivity contribution in [1.82, 2.24) is 10.2 Å². The molecule has 1 aromatic carbocycles. The molecule has 4 heteroatoms. The van der Waals surface area contributed by atoms with Crippen molar-refractivity contribution < 1.29 is 9.18 Å². The SMILES string of the molecule is O=C(c1ccccc1F)N1C[C@@H]2CCCN[C@@H]2C1. The predicted octanol–water partition coefficient (Wildman–Crippen LogP) is 1.65. The minimum atomic E-state index is -0.426. The van der Waals surface area contributed by atoms with Gasteiger partial charge in [-0.1, -0.05) is 12.1 Å². The van der Waals surface area contributed by atoms with Gasteiger partial charge in [-0.15, -0.1) is 0 Å². The molecule has 96 valence electrons. The Morgan fingerprint density at radius 1 is 1.33 bits per heavy atom. The zero-order valence-corrected chi connectivity index (χ0v) is 10.2. The topological polar surface area (TPSA) is 32.3 Å². The van der Waals surface area contributed by atoms with Crippen molar-refractivity contribution in [1.29, 1.82) is 0 Å². The summed E-state index contributed by atoms with van der Waals surface area (Å²) < 4.78 is 13.6. The van der Waals surface area contributed by atoms with Crippen LogP contribution in [0, 0.1) is 11.7 Å². The number of fused-ring (bicyclic) bond motifs is 1. The van der Waals surface area contributed by atoms with Crippen LogP contribution in [0.15, 0.2) is 24.3 Å². The maximum Gasteiger partial charge on any atom is 0.256 e. The Balaban J connectivity index is 1.76. The van der Waals surface area contributed by atoms with Gasteiger partial charge in [-0.3, -0.25) is 4.79 Å². The molecular weight excluding hydrogens is 231 g/mol. The monoisotopic (exact) mass is 248 g/mol. The first-order valence-corrected chi connectivity index (χ1v) is 6.53. The summed E-state index contributed by atoms with van der Waals surface area (Å²) in [6.07, 6.45) is 2.33. The van der Waals surface area contributed by atoms with Gasteiger partial charge in [0.25, 0.3) is 5.91 Å². The average molecular weight is 248 g/mol. The van der Waals surface area contributed by atoms with Crippen LogP contribution in [0.5, 0.6) is 0 Å². The molecule has 0 radical (unpaired) electrons. The lowest BCUT2D eigenvalue weighted by atomic mass is 9.94. The summed E-state index contributed by atoms with van der Waals surface area (Å²) in [5.41, 5.74) is 0.191. The third-order valence-electron chi connectivity index (χ3n) is 3.99. The molecule has 2 fully saturated rings. The van der Waals surface area contributed by atoms with E-state index in [1.807, 2.05) is 0 Å².